The second-order valence-corrected chi connectivity index (χ2v) is 6.33. The number of hydrogen-bond donors (Lipinski definition) is 2. The van der Waals surface area contributed by atoms with Crippen LogP contribution in [0.15, 0.2) is 55.1 Å². The number of aromatic amines is 1. The number of nitrogens with zero attached hydrogens (tertiary/aromatic N) is 3. The van der Waals surface area contributed by atoms with E-state index in [1.807, 2.05) is 36.7 Å². The summed E-state index contributed by atoms with van der Waals surface area (Å²) < 4.78 is 5.07. The van der Waals surface area contributed by atoms with Crippen LogP contribution in [0.3, 0.4) is 0 Å². The van der Waals surface area contributed by atoms with Crippen molar-refractivity contribution in [2.45, 2.75) is 13.0 Å². The molecule has 4 rings (SSSR count). The number of fused-ring (bicyclic) bond motifs is 1. The highest BCUT2D eigenvalue weighted by atomic mass is 16.5. The van der Waals surface area contributed by atoms with Crippen LogP contribution in [0.25, 0.3) is 11.0 Å². The normalized spacial score (nSPS) is 10.6. The largest absolute Gasteiger partial charge is 0.481 e. The second-order valence-electron chi connectivity index (χ2n) is 6.33. The first-order valence-corrected chi connectivity index (χ1v) is 8.86. The van der Waals surface area contributed by atoms with Gasteiger partial charge in [-0.2, -0.15) is 0 Å². The predicted octanol–water partition coefficient (Wildman–Crippen LogP) is 3.55. The molecule has 0 saturated heterocycles. The third-order valence-electron chi connectivity index (χ3n) is 4.51. The lowest BCUT2D eigenvalue weighted by molar-refractivity contribution is 0.397. The zero-order chi connectivity index (χ0) is 19.3. The van der Waals surface area contributed by atoms with Crippen molar-refractivity contribution in [2.75, 3.05) is 12.4 Å². The Kier molecular flexibility index (Phi) is 4.89. The van der Waals surface area contributed by atoms with E-state index in [1.54, 1.807) is 19.5 Å². The number of pyridine rings is 3. The lowest BCUT2D eigenvalue weighted by Crippen LogP contribution is -2.02. The van der Waals surface area contributed by atoms with E-state index >= 15 is 0 Å². The van der Waals surface area contributed by atoms with E-state index < -0.39 is 0 Å². The summed E-state index contributed by atoms with van der Waals surface area (Å²) in [6, 6.07) is 9.71. The number of terminal acetylenes is 1. The maximum Gasteiger partial charge on any atom is 0.212 e. The van der Waals surface area contributed by atoms with E-state index in [0.717, 1.165) is 45.5 Å². The molecule has 4 heterocycles. The summed E-state index contributed by atoms with van der Waals surface area (Å²) in [5.74, 6) is 4.15. The zero-order valence-corrected chi connectivity index (χ0v) is 15.4. The summed E-state index contributed by atoms with van der Waals surface area (Å²) in [6.07, 6.45) is 13.7. The molecule has 28 heavy (non-hydrogen) atoms. The fraction of sp³-hybridized carbons (Fsp3) is 0.136. The van der Waals surface area contributed by atoms with Gasteiger partial charge in [-0.1, -0.05) is 18.1 Å². The summed E-state index contributed by atoms with van der Waals surface area (Å²) in [5.41, 5.74) is 4.93. The number of anilines is 1. The number of rotatable bonds is 6. The molecule has 2 N–H and O–H groups in total. The molecule has 4 aromatic heterocycles. The SMILES string of the molecule is C#Cc1ccnc2[nH]cc(Cc3ccc(NCc4ccc(OC)nc4)nc3)c12. The van der Waals surface area contributed by atoms with E-state index in [-0.39, 0.29) is 0 Å². The maximum absolute atomic E-state index is 5.63. The van der Waals surface area contributed by atoms with Crippen molar-refractivity contribution in [3.8, 4) is 18.2 Å². The minimum atomic E-state index is 0.603. The van der Waals surface area contributed by atoms with Crippen LogP contribution in [-0.4, -0.2) is 27.0 Å². The van der Waals surface area contributed by atoms with Gasteiger partial charge in [0, 0.05) is 54.8 Å². The Hall–Kier alpha value is -3.85. The Balaban J connectivity index is 1.44. The molecule has 4 aromatic rings. The maximum atomic E-state index is 5.63. The molecule has 0 amide bonds. The van der Waals surface area contributed by atoms with Crippen LogP contribution >= 0.6 is 0 Å². The van der Waals surface area contributed by atoms with Crippen molar-refractivity contribution in [1.29, 1.82) is 0 Å². The monoisotopic (exact) mass is 369 g/mol. The third-order valence-corrected chi connectivity index (χ3v) is 4.51. The number of hydrogen-bond acceptors (Lipinski definition) is 5. The molecule has 0 aliphatic rings. The molecule has 0 unspecified atom stereocenters. The van der Waals surface area contributed by atoms with Crippen LogP contribution in [0.5, 0.6) is 5.88 Å². The molecule has 0 aliphatic heterocycles. The Labute approximate surface area is 163 Å². The molecule has 0 saturated carbocycles. The molecule has 0 spiro atoms. The van der Waals surface area contributed by atoms with E-state index in [4.69, 9.17) is 11.2 Å². The van der Waals surface area contributed by atoms with E-state index in [1.165, 1.54) is 0 Å². The molecular formula is C22H19N5O. The number of ether oxygens (including phenoxy) is 1. The lowest BCUT2D eigenvalue weighted by atomic mass is 10.0. The van der Waals surface area contributed by atoms with E-state index in [2.05, 4.69) is 37.2 Å². The minimum Gasteiger partial charge on any atom is -0.481 e. The molecule has 6 nitrogen and oxygen atoms in total. The van der Waals surface area contributed by atoms with Crippen LogP contribution in [0.2, 0.25) is 0 Å². The van der Waals surface area contributed by atoms with Crippen molar-refractivity contribution in [2.24, 2.45) is 0 Å². The highest BCUT2D eigenvalue weighted by molar-refractivity contribution is 5.86. The molecule has 0 atom stereocenters. The lowest BCUT2D eigenvalue weighted by Gasteiger charge is -2.07. The number of H-pyrrole nitrogens is 1. The van der Waals surface area contributed by atoms with Crippen molar-refractivity contribution < 1.29 is 4.74 Å². The van der Waals surface area contributed by atoms with Crippen molar-refractivity contribution in [3.63, 3.8) is 0 Å². The standard InChI is InChI=1S/C22H19N5O/c1-3-17-8-9-23-22-21(17)18(14-27-22)10-15-4-6-19(24-11-15)25-12-16-5-7-20(28-2)26-13-16/h1,4-9,11,13-14H,10,12H2,2H3,(H,23,27)(H,24,25). The molecule has 138 valence electrons. The number of aromatic nitrogens is 4. The van der Waals surface area contributed by atoms with Gasteiger partial charge >= 0.3 is 0 Å². The average Bonchev–Trinajstić information content (AvgIpc) is 3.16. The molecule has 6 heteroatoms. The van der Waals surface area contributed by atoms with Gasteiger partial charge in [0.2, 0.25) is 5.88 Å². The van der Waals surface area contributed by atoms with Crippen LogP contribution in [0.4, 0.5) is 5.82 Å². The predicted molar refractivity (Wildman–Crippen MR) is 109 cm³/mol. The van der Waals surface area contributed by atoms with E-state index in [9.17, 15) is 0 Å². The molecular weight excluding hydrogens is 350 g/mol. The van der Waals surface area contributed by atoms with Gasteiger partial charge in [-0.3, -0.25) is 0 Å². The van der Waals surface area contributed by atoms with Gasteiger partial charge in [-0.05, 0) is 28.8 Å². The molecule has 0 fully saturated rings. The van der Waals surface area contributed by atoms with Gasteiger partial charge in [0.15, 0.2) is 0 Å². The number of methoxy groups -OCH3 is 1. The molecule has 0 radical (unpaired) electrons. The topological polar surface area (TPSA) is 75.7 Å². The van der Waals surface area contributed by atoms with Crippen LogP contribution in [0.1, 0.15) is 22.3 Å². The van der Waals surface area contributed by atoms with E-state index in [0.29, 0.717) is 12.4 Å². The summed E-state index contributed by atoms with van der Waals surface area (Å²) in [7, 11) is 1.60. The molecule has 0 aliphatic carbocycles. The Morgan fingerprint density at radius 3 is 2.64 bits per heavy atom. The Morgan fingerprint density at radius 2 is 1.93 bits per heavy atom. The summed E-state index contributed by atoms with van der Waals surface area (Å²) in [5, 5.41) is 4.30. The van der Waals surface area contributed by atoms with Gasteiger partial charge in [-0.25, -0.2) is 15.0 Å². The summed E-state index contributed by atoms with van der Waals surface area (Å²) in [4.78, 5) is 16.2. The van der Waals surface area contributed by atoms with Crippen LogP contribution in [-0.2, 0) is 13.0 Å². The fourth-order valence-electron chi connectivity index (χ4n) is 3.07. The first-order chi connectivity index (χ1) is 13.8. The van der Waals surface area contributed by atoms with Crippen molar-refractivity contribution >= 4 is 16.9 Å². The average molecular weight is 369 g/mol. The van der Waals surface area contributed by atoms with Gasteiger partial charge < -0.3 is 15.0 Å². The van der Waals surface area contributed by atoms with Crippen molar-refractivity contribution in [1.82, 2.24) is 19.9 Å². The van der Waals surface area contributed by atoms with Gasteiger partial charge in [0.1, 0.15) is 11.5 Å². The second kappa shape index (κ2) is 7.80. The first kappa shape index (κ1) is 17.6. The smallest absolute Gasteiger partial charge is 0.212 e. The van der Waals surface area contributed by atoms with Gasteiger partial charge in [0.05, 0.1) is 7.11 Å². The number of nitrogens with one attached hydrogen (secondary N) is 2. The third kappa shape index (κ3) is 3.64. The highest BCUT2D eigenvalue weighted by Crippen LogP contribution is 2.23. The van der Waals surface area contributed by atoms with Crippen LogP contribution < -0.4 is 10.1 Å². The fourth-order valence-corrected chi connectivity index (χ4v) is 3.07. The Bertz CT molecular complexity index is 1120. The zero-order valence-electron chi connectivity index (χ0n) is 15.4. The quantitative estimate of drug-likeness (QED) is 0.509. The molecule has 0 aromatic carbocycles. The first-order valence-electron chi connectivity index (χ1n) is 8.86. The minimum absolute atomic E-state index is 0.603. The summed E-state index contributed by atoms with van der Waals surface area (Å²) in [6.45, 7) is 0.642. The van der Waals surface area contributed by atoms with Crippen LogP contribution in [0, 0.1) is 12.3 Å². The Morgan fingerprint density at radius 1 is 1.07 bits per heavy atom. The molecule has 0 bridgehead atoms. The summed E-state index contributed by atoms with van der Waals surface area (Å²) >= 11 is 0. The van der Waals surface area contributed by atoms with Gasteiger partial charge in [0.25, 0.3) is 0 Å². The van der Waals surface area contributed by atoms with Crippen molar-refractivity contribution in [3.05, 3.63) is 77.4 Å². The van der Waals surface area contributed by atoms with Gasteiger partial charge in [-0.15, -0.1) is 6.42 Å². The highest BCUT2D eigenvalue weighted by Gasteiger charge is 2.09.